The van der Waals surface area contributed by atoms with Gasteiger partial charge in [-0.3, -0.25) is 0 Å². The summed E-state index contributed by atoms with van der Waals surface area (Å²) in [4.78, 5) is 0. The minimum Gasteiger partial charge on any atom is -0.0998 e. The number of hydrogen-bond donors (Lipinski definition) is 0. The van der Waals surface area contributed by atoms with Crippen molar-refractivity contribution in [3.05, 3.63) is 12.2 Å². The summed E-state index contributed by atoms with van der Waals surface area (Å²) in [7, 11) is 0. The first-order valence-electron chi connectivity index (χ1n) is 28.8. The molecule has 0 fully saturated rings. The molecule has 0 aromatic rings. The fraction of sp³-hybridized carbons (Fsp3) is 0.969. The van der Waals surface area contributed by atoms with Crippen LogP contribution in [0.5, 0.6) is 0 Å². The van der Waals surface area contributed by atoms with Crippen molar-refractivity contribution >= 4 is 0 Å². The van der Waals surface area contributed by atoms with Crippen LogP contribution in [0.25, 0.3) is 0 Å². The van der Waals surface area contributed by atoms with Crippen molar-refractivity contribution in [3.8, 4) is 0 Å². The van der Waals surface area contributed by atoms with E-state index in [0.29, 0.717) is 172 Å². The van der Waals surface area contributed by atoms with E-state index in [1.165, 1.54) is 18.4 Å². The van der Waals surface area contributed by atoms with Crippen molar-refractivity contribution in [2.24, 2.45) is 172 Å². The Morgan fingerprint density at radius 3 is 0.547 bits per heavy atom. The van der Waals surface area contributed by atoms with E-state index in [0.717, 1.165) is 0 Å². The monoisotopic (exact) mass is 897 g/mol. The summed E-state index contributed by atoms with van der Waals surface area (Å²) >= 11 is 0. The summed E-state index contributed by atoms with van der Waals surface area (Å²) in [6, 6.07) is 0. The zero-order valence-corrected chi connectivity index (χ0v) is 50.4. The second kappa shape index (κ2) is 28.4. The normalized spacial score (nSPS) is 16.1. The predicted molar refractivity (Wildman–Crippen MR) is 295 cm³/mol. The maximum Gasteiger partial charge on any atom is -0.0154 e. The standard InChI is InChI=1S/C64H128/c1-35(2)55(36(3)4)53(56(37(5)6)38(7)8)33-51(63(59(43(17)18)44(19)20)60(45(21)22)46(23)24)52(64(61(47(25)26)48(27)28)62(49(29)30)50(31)32)34-54(57(39(9)10)40(11)12)58(41(13)14)42(15)16/h36-64H,1,33-34H2,2-32H3. The molecule has 64 heavy (non-hydrogen) atoms. The first-order chi connectivity index (χ1) is 29.1. The Bertz CT molecular complexity index is 1100. The molecular weight excluding hydrogens is 769 g/mol. The zero-order chi connectivity index (χ0) is 50.7. The molecule has 0 aromatic carbocycles. The molecule has 0 saturated heterocycles. The SMILES string of the molecule is C=C(C)C(C(C)C)C(CC(C(CC(C(C(C)C)C(C)C)C(C(C)C)C(C)C)C(C(C(C)C)C(C)C)C(C(C)C)C(C)C)C(C(C(C)C)C(C)C)C(C(C)C)C(C)C)C(C(C)C)C(C)C. The van der Waals surface area contributed by atoms with Crippen LogP contribution in [0.15, 0.2) is 12.2 Å². The van der Waals surface area contributed by atoms with Crippen molar-refractivity contribution in [1.82, 2.24) is 0 Å². The van der Waals surface area contributed by atoms with Gasteiger partial charge in [0.05, 0.1) is 0 Å². The highest BCUT2D eigenvalue weighted by Gasteiger charge is 2.53. The molecule has 0 spiro atoms. The summed E-state index contributed by atoms with van der Waals surface area (Å²) in [5.74, 6) is 18.4. The number of allylic oxidation sites excluding steroid dienone is 1. The molecule has 0 amide bonds. The van der Waals surface area contributed by atoms with Gasteiger partial charge in [-0.1, -0.05) is 220 Å². The largest absolute Gasteiger partial charge is 0.0998 e. The van der Waals surface area contributed by atoms with Gasteiger partial charge in [0.15, 0.2) is 0 Å². The van der Waals surface area contributed by atoms with Crippen LogP contribution in [0.4, 0.5) is 0 Å². The summed E-state index contributed by atoms with van der Waals surface area (Å²) in [6.45, 7) is 85.7. The number of hydrogen-bond acceptors (Lipinski definition) is 0. The topological polar surface area (TPSA) is 0 Å². The lowest BCUT2D eigenvalue weighted by atomic mass is 9.48. The van der Waals surface area contributed by atoms with Gasteiger partial charge in [0, 0.05) is 0 Å². The van der Waals surface area contributed by atoms with Gasteiger partial charge in [-0.15, -0.1) is 0 Å². The molecule has 4 unspecified atom stereocenters. The van der Waals surface area contributed by atoms with Crippen LogP contribution in [-0.2, 0) is 0 Å². The molecule has 0 aliphatic carbocycles. The smallest absolute Gasteiger partial charge is 0.0154 e. The highest BCUT2D eigenvalue weighted by Crippen LogP contribution is 2.59. The molecule has 384 valence electrons. The van der Waals surface area contributed by atoms with Gasteiger partial charge >= 0.3 is 0 Å². The third kappa shape index (κ3) is 17.0. The van der Waals surface area contributed by atoms with E-state index in [9.17, 15) is 0 Å². The lowest BCUT2D eigenvalue weighted by Crippen LogP contribution is -2.51. The zero-order valence-electron chi connectivity index (χ0n) is 50.4. The fourth-order valence-electron chi connectivity index (χ4n) is 18.0. The summed E-state index contributed by atoms with van der Waals surface area (Å²) in [5.41, 5.74) is 1.44. The highest BCUT2D eigenvalue weighted by atomic mass is 14.6. The van der Waals surface area contributed by atoms with Crippen molar-refractivity contribution in [2.75, 3.05) is 0 Å². The molecule has 0 nitrogen and oxygen atoms in total. The van der Waals surface area contributed by atoms with E-state index in [1.807, 2.05) is 0 Å². The van der Waals surface area contributed by atoms with E-state index in [2.05, 4.69) is 215 Å². The quantitative estimate of drug-likeness (QED) is 0.0608. The van der Waals surface area contributed by atoms with Crippen LogP contribution in [0, 0.1) is 172 Å². The average Bonchev–Trinajstić information content (AvgIpc) is 3.06. The van der Waals surface area contributed by atoms with Gasteiger partial charge in [-0.05, 0) is 191 Å². The van der Waals surface area contributed by atoms with E-state index in [-0.39, 0.29) is 0 Å². The summed E-state index contributed by atoms with van der Waals surface area (Å²) in [6.07, 6.45) is 2.72. The second-order valence-electron chi connectivity index (χ2n) is 28.4. The second-order valence-corrected chi connectivity index (χ2v) is 28.4. The molecule has 0 radical (unpaired) electrons. The van der Waals surface area contributed by atoms with Gasteiger partial charge in [0.1, 0.15) is 0 Å². The van der Waals surface area contributed by atoms with Crippen LogP contribution >= 0.6 is 0 Å². The minimum atomic E-state index is 0.510. The highest BCUT2D eigenvalue weighted by molar-refractivity contribution is 5.06. The minimum absolute atomic E-state index is 0.510. The van der Waals surface area contributed by atoms with Crippen LogP contribution in [0.1, 0.15) is 227 Å². The Morgan fingerprint density at radius 2 is 0.391 bits per heavy atom. The van der Waals surface area contributed by atoms with Crippen LogP contribution < -0.4 is 0 Å². The van der Waals surface area contributed by atoms with E-state index >= 15 is 0 Å². The van der Waals surface area contributed by atoms with Crippen LogP contribution in [0.3, 0.4) is 0 Å². The molecule has 0 heteroatoms. The van der Waals surface area contributed by atoms with Crippen molar-refractivity contribution in [3.63, 3.8) is 0 Å². The lowest BCUT2D eigenvalue weighted by Gasteiger charge is -2.57. The molecule has 0 saturated carbocycles. The Labute approximate surface area is 409 Å². The third-order valence-electron chi connectivity index (χ3n) is 18.4. The van der Waals surface area contributed by atoms with Gasteiger partial charge in [0.25, 0.3) is 0 Å². The van der Waals surface area contributed by atoms with Crippen molar-refractivity contribution < 1.29 is 0 Å². The lowest BCUT2D eigenvalue weighted by molar-refractivity contribution is -0.0872. The molecule has 0 aliphatic heterocycles. The summed E-state index contributed by atoms with van der Waals surface area (Å²) < 4.78 is 0. The molecule has 0 aliphatic rings. The van der Waals surface area contributed by atoms with Crippen LogP contribution in [0.2, 0.25) is 0 Å². The van der Waals surface area contributed by atoms with Gasteiger partial charge in [-0.25, -0.2) is 0 Å². The first-order valence-corrected chi connectivity index (χ1v) is 28.8. The Morgan fingerprint density at radius 1 is 0.219 bits per heavy atom. The molecule has 0 aromatic heterocycles. The molecular formula is C64H128. The van der Waals surface area contributed by atoms with Gasteiger partial charge in [0.2, 0.25) is 0 Å². The van der Waals surface area contributed by atoms with E-state index < -0.39 is 0 Å². The van der Waals surface area contributed by atoms with Gasteiger partial charge < -0.3 is 0 Å². The molecule has 4 atom stereocenters. The number of rotatable bonds is 31. The Balaban J connectivity index is 10.2. The third-order valence-corrected chi connectivity index (χ3v) is 18.4. The predicted octanol–water partition coefficient (Wildman–Crippen LogP) is 20.8. The van der Waals surface area contributed by atoms with Crippen molar-refractivity contribution in [1.29, 1.82) is 0 Å². The van der Waals surface area contributed by atoms with E-state index in [1.54, 1.807) is 0 Å². The maximum atomic E-state index is 4.94. The molecule has 0 N–H and O–H groups in total. The Hall–Kier alpha value is -0.260. The molecule has 0 rings (SSSR count). The van der Waals surface area contributed by atoms with Crippen LogP contribution in [-0.4, -0.2) is 0 Å². The van der Waals surface area contributed by atoms with E-state index in [4.69, 9.17) is 6.58 Å². The molecule has 0 bridgehead atoms. The average molecular weight is 898 g/mol. The molecule has 0 heterocycles. The Kier molecular flexibility index (Phi) is 28.3. The maximum absolute atomic E-state index is 4.94. The fourth-order valence-corrected chi connectivity index (χ4v) is 18.0. The van der Waals surface area contributed by atoms with Crippen molar-refractivity contribution in [2.45, 2.75) is 227 Å². The summed E-state index contributed by atoms with van der Waals surface area (Å²) in [5, 5.41) is 0. The van der Waals surface area contributed by atoms with Gasteiger partial charge in [-0.2, -0.15) is 0 Å². The first kappa shape index (κ1) is 63.7.